The summed E-state index contributed by atoms with van der Waals surface area (Å²) in [6, 6.07) is 4.64. The second kappa shape index (κ2) is 6.86. The van der Waals surface area contributed by atoms with E-state index in [1.807, 2.05) is 0 Å². The minimum absolute atomic E-state index is 0.154. The second-order valence-electron chi connectivity index (χ2n) is 6.52. The molecule has 0 saturated carbocycles. The van der Waals surface area contributed by atoms with Gasteiger partial charge in [0.1, 0.15) is 24.5 Å². The van der Waals surface area contributed by atoms with Gasteiger partial charge >= 0.3 is 0 Å². The van der Waals surface area contributed by atoms with Crippen LogP contribution in [0, 0.1) is 11.6 Å². The zero-order chi connectivity index (χ0) is 19.0. The third-order valence-corrected chi connectivity index (χ3v) is 4.61. The highest BCUT2D eigenvalue weighted by atomic mass is 19.1. The molecule has 0 saturated heterocycles. The fourth-order valence-electron chi connectivity index (χ4n) is 3.26. The lowest BCUT2D eigenvalue weighted by Gasteiger charge is -2.15. The van der Waals surface area contributed by atoms with Crippen LogP contribution < -0.4 is 10.9 Å². The van der Waals surface area contributed by atoms with Gasteiger partial charge < -0.3 is 5.32 Å². The van der Waals surface area contributed by atoms with Gasteiger partial charge in [-0.2, -0.15) is 0 Å². The van der Waals surface area contributed by atoms with Crippen molar-refractivity contribution in [2.75, 3.05) is 5.32 Å². The highest BCUT2D eigenvalue weighted by Crippen LogP contribution is 2.21. The van der Waals surface area contributed by atoms with E-state index in [-0.39, 0.29) is 17.8 Å². The van der Waals surface area contributed by atoms with Crippen LogP contribution in [0.25, 0.3) is 11.0 Å². The molecule has 0 radical (unpaired) electrons. The molecule has 2 aromatic heterocycles. The van der Waals surface area contributed by atoms with Crippen LogP contribution in [0.1, 0.15) is 24.1 Å². The molecule has 1 aromatic carbocycles. The maximum atomic E-state index is 13.7. The summed E-state index contributed by atoms with van der Waals surface area (Å²) in [6.07, 6.45) is 5.13. The Bertz CT molecular complexity index is 1110. The number of halogens is 2. The maximum absolute atomic E-state index is 13.7. The van der Waals surface area contributed by atoms with Gasteiger partial charge in [0.25, 0.3) is 5.56 Å². The van der Waals surface area contributed by atoms with E-state index in [1.165, 1.54) is 6.33 Å². The number of nitrogens with zero attached hydrogens (tertiary/aromatic N) is 3. The number of hydrogen-bond donors (Lipinski definition) is 1. The van der Waals surface area contributed by atoms with E-state index in [0.29, 0.717) is 17.1 Å². The zero-order valence-electron chi connectivity index (χ0n) is 14.3. The Kier molecular flexibility index (Phi) is 4.39. The van der Waals surface area contributed by atoms with E-state index in [9.17, 15) is 18.4 Å². The van der Waals surface area contributed by atoms with Crippen LogP contribution in [0.3, 0.4) is 0 Å². The number of nitrogens with one attached hydrogen (secondary N) is 1. The minimum Gasteiger partial charge on any atom is -0.322 e. The SMILES string of the molecule is O=C(Cn1cnc2nc3c(cc2c1=O)CCCC3)Nc1ccc(F)cc1F. The summed E-state index contributed by atoms with van der Waals surface area (Å²) in [5.41, 5.74) is 1.85. The molecule has 4 rings (SSSR count). The normalized spacial score (nSPS) is 13.4. The highest BCUT2D eigenvalue weighted by Gasteiger charge is 2.16. The number of hydrogen-bond acceptors (Lipinski definition) is 4. The molecule has 6 nitrogen and oxygen atoms in total. The molecule has 1 amide bonds. The lowest BCUT2D eigenvalue weighted by Crippen LogP contribution is -2.28. The lowest BCUT2D eigenvalue weighted by molar-refractivity contribution is -0.116. The number of benzene rings is 1. The maximum Gasteiger partial charge on any atom is 0.263 e. The number of anilines is 1. The minimum atomic E-state index is -0.886. The molecule has 0 aliphatic heterocycles. The topological polar surface area (TPSA) is 76.9 Å². The van der Waals surface area contributed by atoms with Crippen LogP contribution in [0.2, 0.25) is 0 Å². The zero-order valence-corrected chi connectivity index (χ0v) is 14.3. The number of carbonyl (C=O) groups is 1. The fourth-order valence-corrected chi connectivity index (χ4v) is 3.26. The molecule has 0 spiro atoms. The molecule has 1 N–H and O–H groups in total. The number of aromatic nitrogens is 3. The van der Waals surface area contributed by atoms with Crippen LogP contribution in [-0.2, 0) is 24.2 Å². The number of amides is 1. The molecule has 27 heavy (non-hydrogen) atoms. The monoisotopic (exact) mass is 370 g/mol. The molecule has 2 heterocycles. The van der Waals surface area contributed by atoms with Gasteiger partial charge in [-0.1, -0.05) is 0 Å². The highest BCUT2D eigenvalue weighted by molar-refractivity contribution is 5.90. The van der Waals surface area contributed by atoms with Gasteiger partial charge in [0, 0.05) is 11.8 Å². The molecular weight excluding hydrogens is 354 g/mol. The van der Waals surface area contributed by atoms with Crippen molar-refractivity contribution >= 4 is 22.6 Å². The van der Waals surface area contributed by atoms with Gasteiger partial charge in [0.15, 0.2) is 5.65 Å². The first-order chi connectivity index (χ1) is 13.0. The predicted molar refractivity (Wildman–Crippen MR) is 95.4 cm³/mol. The van der Waals surface area contributed by atoms with Crippen molar-refractivity contribution in [1.29, 1.82) is 0 Å². The summed E-state index contributed by atoms with van der Waals surface area (Å²) in [4.78, 5) is 33.5. The number of rotatable bonds is 3. The number of pyridine rings is 1. The van der Waals surface area contributed by atoms with E-state index in [1.54, 1.807) is 6.07 Å². The number of aryl methyl sites for hydroxylation is 2. The van der Waals surface area contributed by atoms with Gasteiger partial charge in [-0.05, 0) is 49.4 Å². The molecule has 1 aliphatic carbocycles. The fraction of sp³-hybridized carbons (Fsp3) is 0.263. The van der Waals surface area contributed by atoms with Crippen molar-refractivity contribution in [1.82, 2.24) is 14.5 Å². The molecule has 138 valence electrons. The summed E-state index contributed by atoms with van der Waals surface area (Å²) in [7, 11) is 0. The Labute approximate surface area is 152 Å². The van der Waals surface area contributed by atoms with Crippen molar-refractivity contribution < 1.29 is 13.6 Å². The van der Waals surface area contributed by atoms with Crippen LogP contribution in [0.15, 0.2) is 35.4 Å². The largest absolute Gasteiger partial charge is 0.322 e. The Balaban J connectivity index is 1.61. The molecule has 1 aliphatic rings. The summed E-state index contributed by atoms with van der Waals surface area (Å²) in [6.45, 7) is -0.338. The van der Waals surface area contributed by atoms with Crippen molar-refractivity contribution in [2.24, 2.45) is 0 Å². The van der Waals surface area contributed by atoms with Crippen molar-refractivity contribution in [3.05, 3.63) is 63.8 Å². The number of fused-ring (bicyclic) bond motifs is 2. The molecule has 0 unspecified atom stereocenters. The molecular formula is C19H16F2N4O2. The Morgan fingerprint density at radius 1 is 1.19 bits per heavy atom. The van der Waals surface area contributed by atoms with E-state index in [2.05, 4.69) is 15.3 Å². The standard InChI is InChI=1S/C19H16F2N4O2/c20-12-5-6-16(14(21)8-12)23-17(26)9-25-10-22-18-13(19(25)27)7-11-3-1-2-4-15(11)24-18/h5-8,10H,1-4,9H2,(H,23,26). The molecule has 3 aromatic rings. The Hall–Kier alpha value is -3.16. The average Bonchev–Trinajstić information content (AvgIpc) is 2.65. The summed E-state index contributed by atoms with van der Waals surface area (Å²) < 4.78 is 27.7. The van der Waals surface area contributed by atoms with E-state index in [4.69, 9.17) is 0 Å². The smallest absolute Gasteiger partial charge is 0.263 e. The molecule has 0 bridgehead atoms. The van der Waals surface area contributed by atoms with E-state index >= 15 is 0 Å². The second-order valence-corrected chi connectivity index (χ2v) is 6.52. The van der Waals surface area contributed by atoms with Crippen LogP contribution in [0.4, 0.5) is 14.5 Å². The molecule has 0 fully saturated rings. The van der Waals surface area contributed by atoms with Crippen molar-refractivity contribution in [3.8, 4) is 0 Å². The van der Waals surface area contributed by atoms with Crippen LogP contribution in [-0.4, -0.2) is 20.4 Å². The first kappa shape index (κ1) is 17.3. The quantitative estimate of drug-likeness (QED) is 0.769. The first-order valence-electron chi connectivity index (χ1n) is 8.64. The van der Waals surface area contributed by atoms with Crippen molar-refractivity contribution in [2.45, 2.75) is 32.2 Å². The first-order valence-corrected chi connectivity index (χ1v) is 8.64. The number of carbonyl (C=O) groups excluding carboxylic acids is 1. The third kappa shape index (κ3) is 3.42. The summed E-state index contributed by atoms with van der Waals surface area (Å²) >= 11 is 0. The molecule has 0 atom stereocenters. The van der Waals surface area contributed by atoms with E-state index in [0.717, 1.165) is 53.6 Å². The van der Waals surface area contributed by atoms with Gasteiger partial charge in [-0.15, -0.1) is 0 Å². The molecule has 8 heteroatoms. The van der Waals surface area contributed by atoms with Gasteiger partial charge in [0.2, 0.25) is 5.91 Å². The van der Waals surface area contributed by atoms with Gasteiger partial charge in [-0.25, -0.2) is 18.7 Å². The Morgan fingerprint density at radius 3 is 2.81 bits per heavy atom. The predicted octanol–water partition coefficient (Wildman–Crippen LogP) is 2.59. The van der Waals surface area contributed by atoms with E-state index < -0.39 is 17.5 Å². The average molecular weight is 370 g/mol. The van der Waals surface area contributed by atoms with Gasteiger partial charge in [0.05, 0.1) is 11.1 Å². The third-order valence-electron chi connectivity index (χ3n) is 4.61. The van der Waals surface area contributed by atoms with Gasteiger partial charge in [-0.3, -0.25) is 14.2 Å². The van der Waals surface area contributed by atoms with Crippen molar-refractivity contribution in [3.63, 3.8) is 0 Å². The Morgan fingerprint density at radius 2 is 2.00 bits per heavy atom. The van der Waals surface area contributed by atoms with Crippen LogP contribution >= 0.6 is 0 Å². The summed E-state index contributed by atoms with van der Waals surface area (Å²) in [5.74, 6) is -2.24. The summed E-state index contributed by atoms with van der Waals surface area (Å²) in [5, 5.41) is 2.69. The van der Waals surface area contributed by atoms with Crippen LogP contribution in [0.5, 0.6) is 0 Å². The lowest BCUT2D eigenvalue weighted by atomic mass is 9.95.